The van der Waals surface area contributed by atoms with Crippen LogP contribution in [0.2, 0.25) is 0 Å². The van der Waals surface area contributed by atoms with Gasteiger partial charge in [0, 0.05) is 6.42 Å². The van der Waals surface area contributed by atoms with Crippen molar-refractivity contribution in [1.29, 1.82) is 0 Å². The SMILES string of the molecule is CCOC(=O)C1(C(=O)OCC)C[C@H](N2C(=O)c3ccccc3C2=O)O[C@]1(C)c1ccc(OC)cc1. The molecule has 0 saturated carbocycles. The first-order valence-electron chi connectivity index (χ1n) is 11.4. The van der Waals surface area contributed by atoms with Gasteiger partial charge in [-0.2, -0.15) is 0 Å². The van der Waals surface area contributed by atoms with Crippen LogP contribution in [0.1, 0.15) is 53.5 Å². The highest BCUT2D eigenvalue weighted by molar-refractivity contribution is 6.21. The van der Waals surface area contributed by atoms with Crippen molar-refractivity contribution < 1.29 is 38.1 Å². The quantitative estimate of drug-likeness (QED) is 0.337. The summed E-state index contributed by atoms with van der Waals surface area (Å²) in [5.41, 5.74) is -2.68. The zero-order valence-corrected chi connectivity index (χ0v) is 20.0. The molecule has 2 aromatic rings. The molecule has 0 spiro atoms. The summed E-state index contributed by atoms with van der Waals surface area (Å²) in [4.78, 5) is 54.4. The number of esters is 2. The first-order chi connectivity index (χ1) is 16.7. The molecule has 2 aromatic carbocycles. The highest BCUT2D eigenvalue weighted by Crippen LogP contribution is 2.56. The van der Waals surface area contributed by atoms with Crippen LogP contribution in [0.5, 0.6) is 5.75 Å². The summed E-state index contributed by atoms with van der Waals surface area (Å²) in [5, 5.41) is 0. The fourth-order valence-electron chi connectivity index (χ4n) is 4.86. The first kappa shape index (κ1) is 24.4. The number of hydrogen-bond donors (Lipinski definition) is 0. The number of amides is 2. The van der Waals surface area contributed by atoms with Crippen LogP contribution in [0.25, 0.3) is 0 Å². The third kappa shape index (κ3) is 3.58. The standard InChI is InChI=1S/C26H27NO8/c1-5-33-23(30)26(24(31)34-6-2)15-20(27-21(28)18-9-7-8-10-19(18)22(27)29)35-25(26,3)16-11-13-17(32-4)14-12-16/h7-14,20H,5-6,15H2,1-4H3/t20-,25-/m1/s1. The minimum absolute atomic E-state index is 0.0103. The number of carbonyl (C=O) groups excluding carboxylic acids is 4. The van der Waals surface area contributed by atoms with Crippen molar-refractivity contribution in [3.8, 4) is 5.75 Å². The van der Waals surface area contributed by atoms with Gasteiger partial charge in [0.1, 0.15) is 17.6 Å². The molecule has 4 rings (SSSR count). The van der Waals surface area contributed by atoms with E-state index in [0.29, 0.717) is 11.3 Å². The van der Waals surface area contributed by atoms with Gasteiger partial charge in [-0.1, -0.05) is 24.3 Å². The normalized spacial score (nSPS) is 22.6. The highest BCUT2D eigenvalue weighted by Gasteiger charge is 2.70. The molecule has 0 radical (unpaired) electrons. The summed E-state index contributed by atoms with van der Waals surface area (Å²) in [6.45, 7) is 4.84. The molecule has 2 atom stereocenters. The predicted molar refractivity (Wildman–Crippen MR) is 122 cm³/mol. The summed E-state index contributed by atoms with van der Waals surface area (Å²) in [6.07, 6.45) is -1.54. The number of carbonyl (C=O) groups is 4. The first-order valence-corrected chi connectivity index (χ1v) is 11.4. The van der Waals surface area contributed by atoms with Crippen LogP contribution in [0.3, 0.4) is 0 Å². The van der Waals surface area contributed by atoms with E-state index in [1.165, 1.54) is 7.11 Å². The Hall–Kier alpha value is -3.72. The average Bonchev–Trinajstić information content (AvgIpc) is 3.31. The van der Waals surface area contributed by atoms with Crippen molar-refractivity contribution in [2.24, 2.45) is 5.41 Å². The van der Waals surface area contributed by atoms with Gasteiger partial charge in [-0.05, 0) is 50.6 Å². The molecule has 9 nitrogen and oxygen atoms in total. The second-order valence-corrected chi connectivity index (χ2v) is 8.41. The van der Waals surface area contributed by atoms with Gasteiger partial charge in [-0.25, -0.2) is 4.90 Å². The lowest BCUT2D eigenvalue weighted by atomic mass is 9.68. The molecular weight excluding hydrogens is 454 g/mol. The van der Waals surface area contributed by atoms with Gasteiger partial charge in [0.2, 0.25) is 5.41 Å². The topological polar surface area (TPSA) is 108 Å². The Labute approximate surface area is 202 Å². The largest absolute Gasteiger partial charge is 0.497 e. The Kier molecular flexibility index (Phi) is 6.38. The van der Waals surface area contributed by atoms with Crippen LogP contribution >= 0.6 is 0 Å². The minimum Gasteiger partial charge on any atom is -0.497 e. The molecular formula is C26H27NO8. The van der Waals surface area contributed by atoms with E-state index in [2.05, 4.69) is 0 Å². The predicted octanol–water partition coefficient (Wildman–Crippen LogP) is 3.07. The summed E-state index contributed by atoms with van der Waals surface area (Å²) in [7, 11) is 1.52. The zero-order chi connectivity index (χ0) is 25.4. The maximum Gasteiger partial charge on any atom is 0.327 e. The third-order valence-electron chi connectivity index (χ3n) is 6.67. The van der Waals surface area contributed by atoms with Gasteiger partial charge in [-0.15, -0.1) is 0 Å². The number of ether oxygens (including phenoxy) is 4. The van der Waals surface area contributed by atoms with Crippen LogP contribution in [0.15, 0.2) is 48.5 Å². The van der Waals surface area contributed by atoms with E-state index >= 15 is 0 Å². The van der Waals surface area contributed by atoms with Crippen LogP contribution < -0.4 is 4.74 Å². The van der Waals surface area contributed by atoms with Crippen molar-refractivity contribution in [3.05, 3.63) is 65.2 Å². The van der Waals surface area contributed by atoms with E-state index in [4.69, 9.17) is 18.9 Å². The Morgan fingerprint density at radius 2 is 1.46 bits per heavy atom. The molecule has 9 heteroatoms. The molecule has 2 aliphatic heterocycles. The van der Waals surface area contributed by atoms with E-state index in [1.807, 2.05) is 0 Å². The fraction of sp³-hybridized carbons (Fsp3) is 0.385. The van der Waals surface area contributed by atoms with Crippen molar-refractivity contribution in [2.75, 3.05) is 20.3 Å². The van der Waals surface area contributed by atoms with Crippen molar-refractivity contribution >= 4 is 23.8 Å². The lowest BCUT2D eigenvalue weighted by Gasteiger charge is -2.38. The smallest absolute Gasteiger partial charge is 0.327 e. The average molecular weight is 482 g/mol. The van der Waals surface area contributed by atoms with Gasteiger partial charge >= 0.3 is 11.9 Å². The van der Waals surface area contributed by atoms with E-state index in [-0.39, 0.29) is 30.8 Å². The lowest BCUT2D eigenvalue weighted by Crippen LogP contribution is -2.53. The molecule has 0 bridgehead atoms. The van der Waals surface area contributed by atoms with Gasteiger partial charge in [-0.3, -0.25) is 19.2 Å². The number of benzene rings is 2. The van der Waals surface area contributed by atoms with E-state index in [0.717, 1.165) is 4.90 Å². The van der Waals surface area contributed by atoms with Gasteiger partial charge in [0.15, 0.2) is 0 Å². The molecule has 2 heterocycles. The number of rotatable bonds is 7. The number of nitrogens with zero attached hydrogens (tertiary/aromatic N) is 1. The Morgan fingerprint density at radius 1 is 0.943 bits per heavy atom. The summed E-state index contributed by atoms with van der Waals surface area (Å²) >= 11 is 0. The molecule has 184 valence electrons. The van der Waals surface area contributed by atoms with Gasteiger partial charge in [0.25, 0.3) is 11.8 Å². The fourth-order valence-corrected chi connectivity index (χ4v) is 4.86. The number of methoxy groups -OCH3 is 1. The number of hydrogen-bond acceptors (Lipinski definition) is 8. The van der Waals surface area contributed by atoms with Gasteiger partial charge in [0.05, 0.1) is 31.5 Å². The summed E-state index contributed by atoms with van der Waals surface area (Å²) in [5.74, 6) is -2.26. The molecule has 2 amide bonds. The molecule has 0 N–H and O–H groups in total. The van der Waals surface area contributed by atoms with Crippen molar-refractivity contribution in [2.45, 2.75) is 39.0 Å². The van der Waals surface area contributed by atoms with Crippen LogP contribution in [-0.4, -0.2) is 55.2 Å². The summed E-state index contributed by atoms with van der Waals surface area (Å²) in [6, 6.07) is 13.1. The molecule has 1 fully saturated rings. The molecule has 0 aliphatic carbocycles. The second-order valence-electron chi connectivity index (χ2n) is 8.41. The molecule has 0 aromatic heterocycles. The molecule has 35 heavy (non-hydrogen) atoms. The second kappa shape index (κ2) is 9.14. The molecule has 0 unspecified atom stereocenters. The minimum atomic E-state index is -1.98. The lowest BCUT2D eigenvalue weighted by molar-refractivity contribution is -0.187. The summed E-state index contributed by atoms with van der Waals surface area (Å²) < 4.78 is 22.3. The molecule has 1 saturated heterocycles. The maximum absolute atomic E-state index is 13.5. The Bertz CT molecular complexity index is 1120. The van der Waals surface area contributed by atoms with Crippen molar-refractivity contribution in [1.82, 2.24) is 4.90 Å². The Balaban J connectivity index is 1.86. The third-order valence-corrected chi connectivity index (χ3v) is 6.67. The van der Waals surface area contributed by atoms with E-state index < -0.39 is 41.0 Å². The highest BCUT2D eigenvalue weighted by atomic mass is 16.6. The van der Waals surface area contributed by atoms with Crippen LogP contribution in [-0.2, 0) is 29.4 Å². The van der Waals surface area contributed by atoms with E-state index in [9.17, 15) is 19.2 Å². The monoisotopic (exact) mass is 481 g/mol. The number of imide groups is 1. The van der Waals surface area contributed by atoms with Crippen molar-refractivity contribution in [3.63, 3.8) is 0 Å². The number of fused-ring (bicyclic) bond motifs is 1. The maximum atomic E-state index is 13.5. The Morgan fingerprint density at radius 3 is 1.91 bits per heavy atom. The zero-order valence-electron chi connectivity index (χ0n) is 20.0. The van der Waals surface area contributed by atoms with Gasteiger partial charge < -0.3 is 18.9 Å². The van der Waals surface area contributed by atoms with Crippen LogP contribution in [0.4, 0.5) is 0 Å². The van der Waals surface area contributed by atoms with E-state index in [1.54, 1.807) is 69.3 Å². The molecule has 2 aliphatic rings. The van der Waals surface area contributed by atoms with Crippen LogP contribution in [0, 0.1) is 5.41 Å².